The van der Waals surface area contributed by atoms with Crippen LogP contribution in [-0.2, 0) is 4.74 Å². The fourth-order valence-electron chi connectivity index (χ4n) is 2.39. The highest BCUT2D eigenvalue weighted by molar-refractivity contribution is 5.28. The maximum Gasteiger partial charge on any atom is 0.130 e. The average Bonchev–Trinajstić information content (AvgIpc) is 2.69. The van der Waals surface area contributed by atoms with E-state index in [1.54, 1.807) is 6.92 Å². The second-order valence-corrected chi connectivity index (χ2v) is 4.68. The highest BCUT2D eigenvalue weighted by Crippen LogP contribution is 2.33. The highest BCUT2D eigenvalue weighted by Gasteiger charge is 2.32. The van der Waals surface area contributed by atoms with E-state index in [1.807, 2.05) is 6.92 Å². The third-order valence-electron chi connectivity index (χ3n) is 3.53. The Morgan fingerprint density at radius 1 is 1.35 bits per heavy atom. The first-order valence-corrected chi connectivity index (χ1v) is 5.83. The molecule has 2 N–H and O–H groups in total. The van der Waals surface area contributed by atoms with E-state index in [9.17, 15) is 8.78 Å². The van der Waals surface area contributed by atoms with Crippen molar-refractivity contribution >= 4 is 0 Å². The Hall–Kier alpha value is -1.00. The second-order valence-electron chi connectivity index (χ2n) is 4.68. The van der Waals surface area contributed by atoms with E-state index in [0.717, 1.165) is 12.5 Å². The molecule has 3 unspecified atom stereocenters. The molecule has 0 amide bonds. The lowest BCUT2D eigenvalue weighted by Gasteiger charge is -2.23. The average molecular weight is 241 g/mol. The minimum atomic E-state index is -0.570. The van der Waals surface area contributed by atoms with Crippen molar-refractivity contribution in [1.82, 2.24) is 0 Å². The number of hydrogen-bond donors (Lipinski definition) is 1. The first-order valence-electron chi connectivity index (χ1n) is 5.83. The normalized spacial score (nSPS) is 26.2. The van der Waals surface area contributed by atoms with Crippen LogP contribution in [0.25, 0.3) is 0 Å². The molecule has 4 heteroatoms. The summed E-state index contributed by atoms with van der Waals surface area (Å²) < 4.78 is 32.3. The molecule has 1 aromatic carbocycles. The number of rotatable bonds is 2. The smallest absolute Gasteiger partial charge is 0.130 e. The van der Waals surface area contributed by atoms with E-state index in [0.29, 0.717) is 17.7 Å². The van der Waals surface area contributed by atoms with Gasteiger partial charge < -0.3 is 10.5 Å². The molecule has 0 radical (unpaired) electrons. The Morgan fingerprint density at radius 2 is 2.06 bits per heavy atom. The van der Waals surface area contributed by atoms with Crippen molar-refractivity contribution < 1.29 is 13.5 Å². The molecule has 1 aromatic rings. The van der Waals surface area contributed by atoms with Crippen molar-refractivity contribution in [2.24, 2.45) is 11.7 Å². The van der Waals surface area contributed by atoms with E-state index < -0.39 is 17.7 Å². The van der Waals surface area contributed by atoms with E-state index >= 15 is 0 Å². The second kappa shape index (κ2) is 4.70. The summed E-state index contributed by atoms with van der Waals surface area (Å²) in [6.07, 6.45) is 0.841. The van der Waals surface area contributed by atoms with Gasteiger partial charge in [-0.3, -0.25) is 0 Å². The van der Waals surface area contributed by atoms with Gasteiger partial charge in [0.15, 0.2) is 0 Å². The fourth-order valence-corrected chi connectivity index (χ4v) is 2.39. The van der Waals surface area contributed by atoms with Crippen LogP contribution < -0.4 is 5.73 Å². The summed E-state index contributed by atoms with van der Waals surface area (Å²) in [6.45, 7) is 4.20. The Kier molecular flexibility index (Phi) is 3.45. The number of aryl methyl sites for hydroxylation is 1. The van der Waals surface area contributed by atoms with Crippen molar-refractivity contribution in [3.05, 3.63) is 34.9 Å². The van der Waals surface area contributed by atoms with Crippen molar-refractivity contribution in [2.45, 2.75) is 32.4 Å². The Labute approximate surface area is 99.8 Å². The molecule has 0 bridgehead atoms. The third kappa shape index (κ3) is 2.33. The van der Waals surface area contributed by atoms with Crippen LogP contribution in [0.2, 0.25) is 0 Å². The summed E-state index contributed by atoms with van der Waals surface area (Å²) in [5.41, 5.74) is 6.87. The fraction of sp³-hybridized carbons (Fsp3) is 0.538. The van der Waals surface area contributed by atoms with Gasteiger partial charge in [0.1, 0.15) is 11.6 Å². The standard InChI is InChI=1S/C13H17F2NO/c1-7-5-10(12(15)6-11(7)14)13(16)9-3-4-17-8(9)2/h5-6,8-9,13H,3-4,16H2,1-2H3. The van der Waals surface area contributed by atoms with Crippen LogP contribution in [0.3, 0.4) is 0 Å². The van der Waals surface area contributed by atoms with E-state index in [2.05, 4.69) is 0 Å². The molecule has 2 rings (SSSR count). The summed E-state index contributed by atoms with van der Waals surface area (Å²) in [4.78, 5) is 0. The van der Waals surface area contributed by atoms with Gasteiger partial charge in [0.05, 0.1) is 6.10 Å². The lowest BCUT2D eigenvalue weighted by Crippen LogP contribution is -2.27. The summed E-state index contributed by atoms with van der Waals surface area (Å²) in [5, 5.41) is 0. The van der Waals surface area contributed by atoms with Crippen LogP contribution in [0, 0.1) is 24.5 Å². The molecule has 0 aromatic heterocycles. The summed E-state index contributed by atoms with van der Waals surface area (Å²) in [5.74, 6) is -1.01. The molecular weight excluding hydrogens is 224 g/mol. The predicted octanol–water partition coefficient (Wildman–Crippen LogP) is 2.70. The van der Waals surface area contributed by atoms with Gasteiger partial charge in [-0.05, 0) is 31.9 Å². The number of nitrogens with two attached hydrogens (primary N) is 1. The minimum Gasteiger partial charge on any atom is -0.378 e. The van der Waals surface area contributed by atoms with Gasteiger partial charge in [0, 0.05) is 30.2 Å². The number of hydrogen-bond acceptors (Lipinski definition) is 2. The van der Waals surface area contributed by atoms with Crippen LogP contribution in [0.15, 0.2) is 12.1 Å². The summed E-state index contributed by atoms with van der Waals surface area (Å²) in [7, 11) is 0. The van der Waals surface area contributed by atoms with Crippen LogP contribution in [0.5, 0.6) is 0 Å². The van der Waals surface area contributed by atoms with Crippen LogP contribution >= 0.6 is 0 Å². The van der Waals surface area contributed by atoms with Crippen molar-refractivity contribution in [3.63, 3.8) is 0 Å². The molecule has 0 aliphatic carbocycles. The Bertz CT molecular complexity index is 422. The SMILES string of the molecule is Cc1cc(C(N)C2CCOC2C)c(F)cc1F. The Morgan fingerprint density at radius 3 is 2.65 bits per heavy atom. The highest BCUT2D eigenvalue weighted by atomic mass is 19.1. The van der Waals surface area contributed by atoms with Gasteiger partial charge in [-0.2, -0.15) is 0 Å². The van der Waals surface area contributed by atoms with E-state index in [1.165, 1.54) is 6.07 Å². The van der Waals surface area contributed by atoms with Gasteiger partial charge in [0.25, 0.3) is 0 Å². The monoisotopic (exact) mass is 241 g/mol. The molecule has 1 aliphatic heterocycles. The molecule has 94 valence electrons. The van der Waals surface area contributed by atoms with Crippen LogP contribution in [0.1, 0.15) is 30.5 Å². The zero-order valence-electron chi connectivity index (χ0n) is 10.0. The van der Waals surface area contributed by atoms with Crippen molar-refractivity contribution in [2.75, 3.05) is 6.61 Å². The van der Waals surface area contributed by atoms with Gasteiger partial charge in [0.2, 0.25) is 0 Å². The minimum absolute atomic E-state index is 0.0229. The number of halogens is 2. The van der Waals surface area contributed by atoms with Gasteiger partial charge in [-0.25, -0.2) is 8.78 Å². The molecule has 1 aliphatic rings. The predicted molar refractivity (Wildman–Crippen MR) is 61.5 cm³/mol. The van der Waals surface area contributed by atoms with Gasteiger partial charge in [-0.1, -0.05) is 0 Å². The third-order valence-corrected chi connectivity index (χ3v) is 3.53. The largest absolute Gasteiger partial charge is 0.378 e. The van der Waals surface area contributed by atoms with Crippen LogP contribution in [0.4, 0.5) is 8.78 Å². The van der Waals surface area contributed by atoms with Crippen LogP contribution in [-0.4, -0.2) is 12.7 Å². The Balaban J connectivity index is 2.30. The molecule has 2 nitrogen and oxygen atoms in total. The van der Waals surface area contributed by atoms with E-state index in [4.69, 9.17) is 10.5 Å². The molecule has 3 atom stereocenters. The molecule has 1 fully saturated rings. The zero-order valence-corrected chi connectivity index (χ0v) is 10.0. The maximum absolute atomic E-state index is 13.7. The first-order chi connectivity index (χ1) is 8.00. The van der Waals surface area contributed by atoms with Gasteiger partial charge >= 0.3 is 0 Å². The lowest BCUT2D eigenvalue weighted by molar-refractivity contribution is 0.0991. The summed E-state index contributed by atoms with van der Waals surface area (Å²) in [6, 6.07) is 1.97. The quantitative estimate of drug-likeness (QED) is 0.864. The molecule has 1 saturated heterocycles. The van der Waals surface area contributed by atoms with E-state index in [-0.39, 0.29) is 12.0 Å². The first kappa shape index (κ1) is 12.5. The topological polar surface area (TPSA) is 35.2 Å². The molecule has 1 heterocycles. The molecular formula is C13H17F2NO. The van der Waals surface area contributed by atoms with Crippen molar-refractivity contribution in [3.8, 4) is 0 Å². The number of ether oxygens (including phenoxy) is 1. The lowest BCUT2D eigenvalue weighted by atomic mass is 9.88. The van der Waals surface area contributed by atoms with Gasteiger partial charge in [-0.15, -0.1) is 0 Å². The molecule has 17 heavy (non-hydrogen) atoms. The summed E-state index contributed by atoms with van der Waals surface area (Å²) >= 11 is 0. The molecule has 0 spiro atoms. The molecule has 0 saturated carbocycles. The zero-order chi connectivity index (χ0) is 12.6. The maximum atomic E-state index is 13.7. The number of benzene rings is 1. The van der Waals surface area contributed by atoms with Crippen molar-refractivity contribution in [1.29, 1.82) is 0 Å².